The van der Waals surface area contributed by atoms with E-state index in [-0.39, 0.29) is 5.91 Å². The van der Waals surface area contributed by atoms with E-state index in [9.17, 15) is 4.79 Å². The summed E-state index contributed by atoms with van der Waals surface area (Å²) in [5.74, 6) is 1.15. The van der Waals surface area contributed by atoms with E-state index in [0.29, 0.717) is 17.2 Å². The zero-order valence-electron chi connectivity index (χ0n) is 16.2. The molecule has 1 N–H and O–H groups in total. The quantitative estimate of drug-likeness (QED) is 0.755. The fourth-order valence-corrected chi connectivity index (χ4v) is 3.51. The van der Waals surface area contributed by atoms with E-state index in [1.54, 1.807) is 12.3 Å². The maximum atomic E-state index is 12.9. The van der Waals surface area contributed by atoms with Gasteiger partial charge in [0.15, 0.2) is 0 Å². The van der Waals surface area contributed by atoms with Crippen LogP contribution in [0.1, 0.15) is 23.2 Å². The standard InChI is InChI=1S/C21H24N6O/c1-3-26-10-12-27(13-11-26)19-14-18(23-15(2)24-19)21(28)25-17-8-4-6-16-7-5-9-22-20(16)17/h4-9,14H,3,10-13H2,1-2H3,(H,25,28). The first-order valence-electron chi connectivity index (χ1n) is 9.62. The van der Waals surface area contributed by atoms with Gasteiger partial charge in [-0.3, -0.25) is 9.78 Å². The van der Waals surface area contributed by atoms with Crippen LogP contribution >= 0.6 is 0 Å². The number of aryl methyl sites for hydroxylation is 1. The largest absolute Gasteiger partial charge is 0.354 e. The van der Waals surface area contributed by atoms with Crippen LogP contribution in [0.5, 0.6) is 0 Å². The summed E-state index contributed by atoms with van der Waals surface area (Å²) in [5.41, 5.74) is 1.81. The molecule has 1 aliphatic heterocycles. The molecule has 0 unspecified atom stereocenters. The Kier molecular flexibility index (Phi) is 5.16. The Hall–Kier alpha value is -3.06. The van der Waals surface area contributed by atoms with Crippen molar-refractivity contribution in [2.24, 2.45) is 0 Å². The van der Waals surface area contributed by atoms with Gasteiger partial charge in [0.2, 0.25) is 0 Å². The molecule has 7 heteroatoms. The average molecular weight is 376 g/mol. The van der Waals surface area contributed by atoms with Crippen LogP contribution in [-0.4, -0.2) is 58.5 Å². The fraction of sp³-hybridized carbons (Fsp3) is 0.333. The minimum atomic E-state index is -0.253. The highest BCUT2D eigenvalue weighted by molar-refractivity contribution is 6.07. The number of fused-ring (bicyclic) bond motifs is 1. The number of carbonyl (C=O) groups is 1. The molecular weight excluding hydrogens is 352 g/mol. The SMILES string of the molecule is CCN1CCN(c2cc(C(=O)Nc3cccc4cccnc34)nc(C)n2)CC1. The molecule has 7 nitrogen and oxygen atoms in total. The molecule has 28 heavy (non-hydrogen) atoms. The van der Waals surface area contributed by atoms with Gasteiger partial charge in [-0.2, -0.15) is 0 Å². The minimum Gasteiger partial charge on any atom is -0.354 e. The molecule has 4 rings (SSSR count). The third-order valence-corrected chi connectivity index (χ3v) is 5.08. The van der Waals surface area contributed by atoms with E-state index in [1.165, 1.54) is 0 Å². The number of anilines is 2. The van der Waals surface area contributed by atoms with Crippen molar-refractivity contribution in [3.63, 3.8) is 0 Å². The van der Waals surface area contributed by atoms with Crippen molar-refractivity contribution in [2.75, 3.05) is 42.9 Å². The van der Waals surface area contributed by atoms with Crippen molar-refractivity contribution < 1.29 is 4.79 Å². The molecular formula is C21H24N6O. The molecule has 3 aromatic rings. The predicted molar refractivity (Wildman–Crippen MR) is 111 cm³/mol. The summed E-state index contributed by atoms with van der Waals surface area (Å²) in [6.07, 6.45) is 1.72. The fourth-order valence-electron chi connectivity index (χ4n) is 3.51. The first kappa shape index (κ1) is 18.3. The third-order valence-electron chi connectivity index (χ3n) is 5.08. The normalized spacial score (nSPS) is 15.0. The zero-order valence-corrected chi connectivity index (χ0v) is 16.2. The Balaban J connectivity index is 1.57. The lowest BCUT2D eigenvalue weighted by Crippen LogP contribution is -2.46. The molecule has 0 radical (unpaired) electrons. The van der Waals surface area contributed by atoms with Gasteiger partial charge in [-0.15, -0.1) is 0 Å². The highest BCUT2D eigenvalue weighted by atomic mass is 16.1. The first-order valence-corrected chi connectivity index (χ1v) is 9.62. The van der Waals surface area contributed by atoms with Crippen LogP contribution in [0.25, 0.3) is 10.9 Å². The summed E-state index contributed by atoms with van der Waals surface area (Å²) in [5, 5.41) is 3.94. The number of rotatable bonds is 4. The summed E-state index contributed by atoms with van der Waals surface area (Å²) in [6.45, 7) is 8.86. The summed E-state index contributed by atoms with van der Waals surface area (Å²) in [7, 11) is 0. The van der Waals surface area contributed by atoms with Crippen LogP contribution in [0.4, 0.5) is 11.5 Å². The maximum Gasteiger partial charge on any atom is 0.274 e. The lowest BCUT2D eigenvalue weighted by atomic mass is 10.2. The van der Waals surface area contributed by atoms with Crippen molar-refractivity contribution in [3.05, 3.63) is 54.1 Å². The molecule has 144 valence electrons. The van der Waals surface area contributed by atoms with E-state index in [1.807, 2.05) is 37.3 Å². The van der Waals surface area contributed by atoms with Gasteiger partial charge in [-0.25, -0.2) is 9.97 Å². The molecule has 2 aromatic heterocycles. The van der Waals surface area contributed by atoms with Crippen molar-refractivity contribution >= 4 is 28.3 Å². The van der Waals surface area contributed by atoms with Crippen LogP contribution in [0.15, 0.2) is 42.6 Å². The topological polar surface area (TPSA) is 74.2 Å². The van der Waals surface area contributed by atoms with E-state index < -0.39 is 0 Å². The minimum absolute atomic E-state index is 0.253. The van der Waals surface area contributed by atoms with E-state index in [4.69, 9.17) is 0 Å². The number of aromatic nitrogens is 3. The Morgan fingerprint density at radius 3 is 2.68 bits per heavy atom. The number of hydrogen-bond acceptors (Lipinski definition) is 6. The van der Waals surface area contributed by atoms with Crippen LogP contribution in [0.2, 0.25) is 0 Å². The summed E-state index contributed by atoms with van der Waals surface area (Å²) in [6, 6.07) is 11.4. The number of nitrogens with one attached hydrogen (secondary N) is 1. The van der Waals surface area contributed by atoms with Crippen molar-refractivity contribution in [1.29, 1.82) is 0 Å². The van der Waals surface area contributed by atoms with E-state index in [2.05, 4.69) is 37.0 Å². The second kappa shape index (κ2) is 7.90. The number of nitrogens with zero attached hydrogens (tertiary/aromatic N) is 5. The second-order valence-electron chi connectivity index (χ2n) is 6.91. The number of amides is 1. The second-order valence-corrected chi connectivity index (χ2v) is 6.91. The van der Waals surface area contributed by atoms with Gasteiger partial charge in [0, 0.05) is 43.8 Å². The Morgan fingerprint density at radius 2 is 1.89 bits per heavy atom. The maximum absolute atomic E-state index is 12.9. The number of piperazine rings is 1. The van der Waals surface area contributed by atoms with Gasteiger partial charge in [-0.1, -0.05) is 25.1 Å². The molecule has 0 spiro atoms. The lowest BCUT2D eigenvalue weighted by Gasteiger charge is -2.34. The van der Waals surface area contributed by atoms with Gasteiger partial charge >= 0.3 is 0 Å². The van der Waals surface area contributed by atoms with Crippen molar-refractivity contribution in [3.8, 4) is 0 Å². The number of pyridine rings is 1. The molecule has 1 aliphatic rings. The molecule has 1 fully saturated rings. The number of para-hydroxylation sites is 1. The van der Waals surface area contributed by atoms with Crippen LogP contribution < -0.4 is 10.2 Å². The molecule has 3 heterocycles. The number of likely N-dealkylation sites (N-methyl/N-ethyl adjacent to an activating group) is 1. The predicted octanol–water partition coefficient (Wildman–Crippen LogP) is 2.73. The third kappa shape index (κ3) is 3.80. The zero-order chi connectivity index (χ0) is 19.5. The van der Waals surface area contributed by atoms with Gasteiger partial charge in [-0.05, 0) is 25.6 Å². The van der Waals surface area contributed by atoms with E-state index >= 15 is 0 Å². The van der Waals surface area contributed by atoms with Crippen LogP contribution in [-0.2, 0) is 0 Å². The average Bonchev–Trinajstić information content (AvgIpc) is 2.73. The highest BCUT2D eigenvalue weighted by Gasteiger charge is 2.19. The monoisotopic (exact) mass is 376 g/mol. The van der Waals surface area contributed by atoms with Gasteiger partial charge in [0.25, 0.3) is 5.91 Å². The van der Waals surface area contributed by atoms with Crippen LogP contribution in [0, 0.1) is 6.92 Å². The smallest absolute Gasteiger partial charge is 0.274 e. The lowest BCUT2D eigenvalue weighted by molar-refractivity contribution is 0.102. The van der Waals surface area contributed by atoms with Crippen molar-refractivity contribution in [1.82, 2.24) is 19.9 Å². The Labute approximate surface area is 164 Å². The van der Waals surface area contributed by atoms with Gasteiger partial charge in [0.1, 0.15) is 17.3 Å². The first-order chi connectivity index (χ1) is 13.6. The van der Waals surface area contributed by atoms with Gasteiger partial charge < -0.3 is 15.1 Å². The number of benzene rings is 1. The van der Waals surface area contributed by atoms with Crippen LogP contribution in [0.3, 0.4) is 0 Å². The highest BCUT2D eigenvalue weighted by Crippen LogP contribution is 2.22. The molecule has 0 saturated carbocycles. The Morgan fingerprint density at radius 1 is 1.11 bits per heavy atom. The molecule has 0 aliphatic carbocycles. The summed E-state index contributed by atoms with van der Waals surface area (Å²) in [4.78, 5) is 30.8. The molecule has 0 bridgehead atoms. The van der Waals surface area contributed by atoms with E-state index in [0.717, 1.165) is 49.4 Å². The summed E-state index contributed by atoms with van der Waals surface area (Å²) >= 11 is 0. The molecule has 1 aromatic carbocycles. The van der Waals surface area contributed by atoms with Gasteiger partial charge in [0.05, 0.1) is 11.2 Å². The number of carbonyl (C=O) groups excluding carboxylic acids is 1. The molecule has 1 saturated heterocycles. The Bertz CT molecular complexity index is 992. The molecule has 1 amide bonds. The number of hydrogen-bond donors (Lipinski definition) is 1. The summed E-state index contributed by atoms with van der Waals surface area (Å²) < 4.78 is 0. The van der Waals surface area contributed by atoms with Crippen molar-refractivity contribution in [2.45, 2.75) is 13.8 Å². The molecule has 0 atom stereocenters.